The van der Waals surface area contributed by atoms with Crippen molar-refractivity contribution in [3.05, 3.63) is 75.8 Å². The molecule has 1 saturated carbocycles. The Morgan fingerprint density at radius 1 is 1.11 bits per heavy atom. The Morgan fingerprint density at radius 3 is 2.75 bits per heavy atom. The first kappa shape index (κ1) is 22.7. The van der Waals surface area contributed by atoms with Gasteiger partial charge in [-0.15, -0.1) is 0 Å². The number of fused-ring (bicyclic) bond motifs is 2. The van der Waals surface area contributed by atoms with E-state index < -0.39 is 17.8 Å². The molecule has 2 bridgehead atoms. The molecule has 0 radical (unpaired) electrons. The van der Waals surface area contributed by atoms with Crippen LogP contribution < -0.4 is 5.56 Å². The second-order valence-corrected chi connectivity index (χ2v) is 12.1. The zero-order chi connectivity index (χ0) is 25.0. The van der Waals surface area contributed by atoms with Gasteiger partial charge in [-0.05, 0) is 85.3 Å². The van der Waals surface area contributed by atoms with Crippen LogP contribution in [0.5, 0.6) is 0 Å². The number of rotatable bonds is 2. The Hall–Kier alpha value is -2.51. The van der Waals surface area contributed by atoms with Gasteiger partial charge in [0.1, 0.15) is 6.10 Å². The molecule has 6 heteroatoms. The summed E-state index contributed by atoms with van der Waals surface area (Å²) in [5.41, 5.74) is 3.59. The van der Waals surface area contributed by atoms with Gasteiger partial charge in [-0.3, -0.25) is 4.79 Å². The predicted molar refractivity (Wildman–Crippen MR) is 139 cm³/mol. The minimum atomic E-state index is -0.905. The van der Waals surface area contributed by atoms with E-state index in [1.165, 1.54) is 16.7 Å². The number of aromatic amines is 1. The molecule has 188 valence electrons. The number of hydrogen-bond acceptors (Lipinski definition) is 5. The maximum Gasteiger partial charge on any atom is 0.248 e. The van der Waals surface area contributed by atoms with Crippen LogP contribution in [-0.4, -0.2) is 63.6 Å². The molecular formula is C30H34N2O4. The maximum atomic E-state index is 11.7. The molecule has 7 rings (SSSR count). The highest BCUT2D eigenvalue weighted by Gasteiger charge is 2.67. The van der Waals surface area contributed by atoms with Gasteiger partial charge in [0.25, 0.3) is 0 Å². The molecule has 2 spiro atoms. The number of ether oxygens (including phenoxy) is 1. The molecule has 7 unspecified atom stereocenters. The standard InChI is InChI=1S/C30H34N2O4/c1-28-9-8-20-14-22-26(34)27(35)23(32(2)3)15-29(22)10-11-30(20,36-29)24(28)7-6-21(28)18-5-4-17-13-25(33)31-16-19(17)12-18/h4-6,8,12-14,16,23-24,26-27,34-35H,7,9-11,15H2,1-3H3,(H,31,33). The third-order valence-corrected chi connectivity index (χ3v) is 10.1. The molecular weight excluding hydrogens is 452 g/mol. The second-order valence-electron chi connectivity index (χ2n) is 12.1. The number of allylic oxidation sites excluding steroid dienone is 3. The van der Waals surface area contributed by atoms with Gasteiger partial charge in [0.15, 0.2) is 0 Å². The highest BCUT2D eigenvalue weighted by molar-refractivity contribution is 5.87. The van der Waals surface area contributed by atoms with Gasteiger partial charge in [-0.1, -0.05) is 37.3 Å². The van der Waals surface area contributed by atoms with Crippen LogP contribution in [0, 0.1) is 11.3 Å². The summed E-state index contributed by atoms with van der Waals surface area (Å²) in [5.74, 6) is 0.310. The summed E-state index contributed by atoms with van der Waals surface area (Å²) >= 11 is 0. The van der Waals surface area contributed by atoms with Gasteiger partial charge >= 0.3 is 0 Å². The fraction of sp³-hybridized carbons (Fsp3) is 0.500. The molecule has 3 aliphatic carbocycles. The highest BCUT2D eigenvalue weighted by atomic mass is 16.5. The van der Waals surface area contributed by atoms with Gasteiger partial charge in [0.2, 0.25) is 5.56 Å². The summed E-state index contributed by atoms with van der Waals surface area (Å²) in [5, 5.41) is 24.0. The quantitative estimate of drug-likeness (QED) is 0.605. The largest absolute Gasteiger partial charge is 0.388 e. The predicted octanol–water partition coefficient (Wildman–Crippen LogP) is 3.55. The molecule has 36 heavy (non-hydrogen) atoms. The smallest absolute Gasteiger partial charge is 0.248 e. The van der Waals surface area contributed by atoms with Crippen LogP contribution in [-0.2, 0) is 4.74 Å². The number of nitrogens with zero attached hydrogens (tertiary/aromatic N) is 1. The number of H-pyrrole nitrogens is 1. The number of nitrogens with one attached hydrogen (secondary N) is 1. The number of aliphatic hydroxyl groups excluding tert-OH is 2. The lowest BCUT2D eigenvalue weighted by Crippen LogP contribution is -2.61. The highest BCUT2D eigenvalue weighted by Crippen LogP contribution is 2.67. The van der Waals surface area contributed by atoms with Crippen LogP contribution in [0.25, 0.3) is 16.3 Å². The normalized spacial score (nSPS) is 40.9. The SMILES string of the molecule is CN(C)C1CC23CCC4(O2)C(=CCC2(C)C(c5ccc6cc(=O)[nH]cc6c5)=CCC24)C=C3C(O)C1O. The van der Waals surface area contributed by atoms with Crippen molar-refractivity contribution < 1.29 is 14.9 Å². The van der Waals surface area contributed by atoms with Gasteiger partial charge in [-0.25, -0.2) is 0 Å². The molecule has 6 nitrogen and oxygen atoms in total. The topological polar surface area (TPSA) is 85.8 Å². The Kier molecular flexibility index (Phi) is 4.59. The molecule has 0 amide bonds. The maximum absolute atomic E-state index is 11.7. The Balaban J connectivity index is 1.29. The van der Waals surface area contributed by atoms with Crippen LogP contribution in [0.4, 0.5) is 0 Å². The first-order valence-corrected chi connectivity index (χ1v) is 13.2. The number of aliphatic hydroxyl groups is 2. The van der Waals surface area contributed by atoms with Crippen LogP contribution in [0.15, 0.2) is 64.6 Å². The fourth-order valence-electron chi connectivity index (χ4n) is 8.28. The van der Waals surface area contributed by atoms with Crippen LogP contribution in [0.2, 0.25) is 0 Å². The van der Waals surface area contributed by atoms with Crippen molar-refractivity contribution in [1.29, 1.82) is 0 Å². The minimum absolute atomic E-state index is 0.0655. The number of pyridine rings is 1. The van der Waals surface area contributed by atoms with E-state index >= 15 is 0 Å². The molecule has 7 atom stereocenters. The molecule has 3 N–H and O–H groups in total. The summed E-state index contributed by atoms with van der Waals surface area (Å²) in [7, 11) is 3.93. The summed E-state index contributed by atoms with van der Waals surface area (Å²) < 4.78 is 7.22. The van der Waals surface area contributed by atoms with Crippen molar-refractivity contribution in [2.45, 2.75) is 68.5 Å². The van der Waals surface area contributed by atoms with E-state index in [1.54, 1.807) is 12.3 Å². The lowest BCUT2D eigenvalue weighted by molar-refractivity contribution is -0.161. The van der Waals surface area contributed by atoms with Crippen molar-refractivity contribution in [2.75, 3.05) is 14.1 Å². The lowest BCUT2D eigenvalue weighted by Gasteiger charge is -2.55. The van der Waals surface area contributed by atoms with E-state index in [1.807, 2.05) is 25.1 Å². The first-order chi connectivity index (χ1) is 17.2. The number of hydrogen-bond donors (Lipinski definition) is 3. The molecule has 2 fully saturated rings. The Morgan fingerprint density at radius 2 is 1.94 bits per heavy atom. The van der Waals surface area contributed by atoms with E-state index in [4.69, 9.17) is 4.74 Å². The van der Waals surface area contributed by atoms with Gasteiger partial charge in [-0.2, -0.15) is 0 Å². The summed E-state index contributed by atoms with van der Waals surface area (Å²) in [6.07, 6.45) is 11.4. The van der Waals surface area contributed by atoms with Crippen LogP contribution >= 0.6 is 0 Å². The first-order valence-electron chi connectivity index (χ1n) is 13.2. The molecule has 1 aromatic heterocycles. The molecule has 2 aromatic rings. The van der Waals surface area contributed by atoms with Crippen LogP contribution in [0.3, 0.4) is 0 Å². The average Bonchev–Trinajstić information content (AvgIpc) is 3.37. The number of aromatic nitrogens is 1. The van der Waals surface area contributed by atoms with Crippen molar-refractivity contribution in [2.24, 2.45) is 11.3 Å². The Bertz CT molecular complexity index is 1440. The van der Waals surface area contributed by atoms with E-state index in [9.17, 15) is 15.0 Å². The van der Waals surface area contributed by atoms with Crippen LogP contribution in [0.1, 0.15) is 44.6 Å². The Labute approximate surface area is 211 Å². The number of benzene rings is 1. The van der Waals surface area contributed by atoms with Crippen molar-refractivity contribution in [3.63, 3.8) is 0 Å². The molecule has 1 saturated heterocycles. The van der Waals surface area contributed by atoms with E-state index in [2.05, 4.69) is 42.3 Å². The zero-order valence-electron chi connectivity index (χ0n) is 21.1. The van der Waals surface area contributed by atoms with Gasteiger partial charge in [0.05, 0.1) is 17.3 Å². The van der Waals surface area contributed by atoms with Gasteiger partial charge in [0, 0.05) is 29.6 Å². The third-order valence-electron chi connectivity index (χ3n) is 10.1. The van der Waals surface area contributed by atoms with E-state index in [0.29, 0.717) is 12.3 Å². The van der Waals surface area contributed by atoms with Gasteiger partial charge < -0.3 is 24.8 Å². The second kappa shape index (κ2) is 7.29. The fourth-order valence-corrected chi connectivity index (χ4v) is 8.28. The monoisotopic (exact) mass is 486 g/mol. The van der Waals surface area contributed by atoms with Crippen molar-refractivity contribution in [1.82, 2.24) is 9.88 Å². The summed E-state index contributed by atoms with van der Waals surface area (Å²) in [4.78, 5) is 16.6. The molecule has 2 aliphatic heterocycles. The van der Waals surface area contributed by atoms with Crippen molar-refractivity contribution in [3.8, 4) is 0 Å². The molecule has 1 aromatic carbocycles. The zero-order valence-corrected chi connectivity index (χ0v) is 21.1. The summed E-state index contributed by atoms with van der Waals surface area (Å²) in [6.45, 7) is 2.38. The minimum Gasteiger partial charge on any atom is -0.388 e. The number of likely N-dealkylation sites (N-methyl/N-ethyl adjacent to an activating group) is 1. The third kappa shape index (κ3) is 2.79. The van der Waals surface area contributed by atoms with Crippen molar-refractivity contribution >= 4 is 16.3 Å². The molecule has 5 aliphatic rings. The lowest BCUT2D eigenvalue weighted by atomic mass is 9.58. The molecule has 3 heterocycles. The van der Waals surface area contributed by atoms with E-state index in [-0.39, 0.29) is 22.6 Å². The summed E-state index contributed by atoms with van der Waals surface area (Å²) in [6, 6.07) is 7.89. The average molecular weight is 487 g/mol. The van der Waals surface area contributed by atoms with E-state index in [0.717, 1.165) is 42.0 Å².